The molecule has 2 aromatic carbocycles. The molecule has 0 fully saturated rings. The van der Waals surface area contributed by atoms with Crippen molar-refractivity contribution in [2.24, 2.45) is 0 Å². The second-order valence-electron chi connectivity index (χ2n) is 7.54. The van der Waals surface area contributed by atoms with E-state index in [2.05, 4.69) is 0 Å². The molecule has 0 N–H and O–H groups in total. The zero-order valence-corrected chi connectivity index (χ0v) is 17.9. The van der Waals surface area contributed by atoms with Crippen LogP contribution in [0.1, 0.15) is 28.3 Å². The van der Waals surface area contributed by atoms with Crippen molar-refractivity contribution in [1.29, 1.82) is 0 Å². The summed E-state index contributed by atoms with van der Waals surface area (Å²) in [6, 6.07) is 9.32. The zero-order valence-electron chi connectivity index (χ0n) is 17.2. The minimum absolute atomic E-state index is 0.0344. The predicted molar refractivity (Wildman–Crippen MR) is 100 cm³/mol. The standard InChI is InChI=1S/C21H12ClF13O/c22-13-8-6-12(7-9-13)15(36)14(11-4-2-1-3-5-11)10-16(23,24)17(25,26)18(27,28)19(29,30)20(31,32)21(33,34)35/h1-9,14H,10H2. The van der Waals surface area contributed by atoms with E-state index in [-0.39, 0.29) is 5.02 Å². The lowest BCUT2D eigenvalue weighted by molar-refractivity contribution is -0.440. The number of carbonyl (C=O) groups excluding carboxylic acids is 1. The molecule has 0 aromatic heterocycles. The van der Waals surface area contributed by atoms with E-state index in [0.29, 0.717) is 0 Å². The van der Waals surface area contributed by atoms with Gasteiger partial charge in [-0.3, -0.25) is 4.79 Å². The molecule has 2 aromatic rings. The van der Waals surface area contributed by atoms with Crippen molar-refractivity contribution in [2.45, 2.75) is 48.1 Å². The maximum absolute atomic E-state index is 14.5. The van der Waals surface area contributed by atoms with Crippen LogP contribution in [0.25, 0.3) is 0 Å². The van der Waals surface area contributed by atoms with Gasteiger partial charge in [-0.1, -0.05) is 41.9 Å². The molecule has 0 saturated carbocycles. The second kappa shape index (κ2) is 9.42. The fourth-order valence-corrected chi connectivity index (χ4v) is 3.18. The van der Waals surface area contributed by atoms with Gasteiger partial charge >= 0.3 is 35.8 Å². The van der Waals surface area contributed by atoms with Gasteiger partial charge in [0.1, 0.15) is 0 Å². The first-order valence-corrected chi connectivity index (χ1v) is 9.80. The predicted octanol–water partition coefficient (Wildman–Crippen LogP) is 8.44. The number of rotatable bonds is 9. The Labute approximate surface area is 198 Å². The number of hydrogen-bond acceptors (Lipinski definition) is 1. The molecule has 1 atom stereocenters. The molecule has 0 radical (unpaired) electrons. The zero-order chi connectivity index (χ0) is 28.0. The maximum Gasteiger partial charge on any atom is 0.460 e. The van der Waals surface area contributed by atoms with Crippen LogP contribution in [0.15, 0.2) is 54.6 Å². The van der Waals surface area contributed by atoms with Crippen LogP contribution in [0.3, 0.4) is 0 Å². The molecular formula is C21H12ClF13O. The van der Waals surface area contributed by atoms with E-state index in [9.17, 15) is 61.9 Å². The second-order valence-corrected chi connectivity index (χ2v) is 7.97. The summed E-state index contributed by atoms with van der Waals surface area (Å²) in [5, 5.41) is 0.0344. The lowest BCUT2D eigenvalue weighted by Crippen LogP contribution is -2.70. The lowest BCUT2D eigenvalue weighted by Gasteiger charge is -2.40. The van der Waals surface area contributed by atoms with E-state index in [1.807, 2.05) is 0 Å². The van der Waals surface area contributed by atoms with E-state index < -0.39 is 65.0 Å². The van der Waals surface area contributed by atoms with Crippen LogP contribution < -0.4 is 0 Å². The van der Waals surface area contributed by atoms with Crippen LogP contribution in [-0.2, 0) is 0 Å². The summed E-state index contributed by atoms with van der Waals surface area (Å²) in [5.74, 6) is -41.5. The van der Waals surface area contributed by atoms with Gasteiger partial charge in [0.15, 0.2) is 5.78 Å². The highest BCUT2D eigenvalue weighted by Gasteiger charge is 2.90. The van der Waals surface area contributed by atoms with Gasteiger partial charge in [-0.15, -0.1) is 0 Å². The number of ketones is 1. The van der Waals surface area contributed by atoms with E-state index in [4.69, 9.17) is 11.6 Å². The first kappa shape index (κ1) is 29.7. The van der Waals surface area contributed by atoms with Crippen molar-refractivity contribution in [1.82, 2.24) is 0 Å². The number of carbonyl (C=O) groups is 1. The Morgan fingerprint density at radius 3 is 1.53 bits per heavy atom. The van der Waals surface area contributed by atoms with Crippen molar-refractivity contribution < 1.29 is 61.9 Å². The summed E-state index contributed by atoms with van der Waals surface area (Å²) in [6.07, 6.45) is -10.2. The van der Waals surface area contributed by atoms with Gasteiger partial charge in [0.25, 0.3) is 0 Å². The fourth-order valence-electron chi connectivity index (χ4n) is 3.05. The third-order valence-corrected chi connectivity index (χ3v) is 5.36. The highest BCUT2D eigenvalue weighted by atomic mass is 35.5. The molecule has 15 heteroatoms. The lowest BCUT2D eigenvalue weighted by atomic mass is 9.82. The average Bonchev–Trinajstić information content (AvgIpc) is 2.77. The largest absolute Gasteiger partial charge is 0.460 e. The molecular weight excluding hydrogens is 551 g/mol. The van der Waals surface area contributed by atoms with E-state index >= 15 is 0 Å². The first-order chi connectivity index (χ1) is 16.1. The van der Waals surface area contributed by atoms with Gasteiger partial charge in [-0.2, -0.15) is 57.1 Å². The molecule has 0 aliphatic carbocycles. The Hall–Kier alpha value is -2.51. The van der Waals surface area contributed by atoms with Gasteiger partial charge in [-0.05, 0) is 29.8 Å². The molecule has 0 heterocycles. The van der Waals surface area contributed by atoms with Crippen LogP contribution in [0.5, 0.6) is 0 Å². The van der Waals surface area contributed by atoms with Crippen LogP contribution in [0.2, 0.25) is 5.02 Å². The molecule has 1 nitrogen and oxygen atoms in total. The Bertz CT molecular complexity index is 1060. The molecule has 200 valence electrons. The van der Waals surface area contributed by atoms with E-state index in [1.54, 1.807) is 0 Å². The number of benzene rings is 2. The number of Topliss-reactive ketones (excluding diaryl/α,β-unsaturated/α-hetero) is 1. The minimum atomic E-state index is -8.01. The third kappa shape index (κ3) is 4.88. The summed E-state index contributed by atoms with van der Waals surface area (Å²) in [4.78, 5) is 12.8. The number of hydrogen-bond donors (Lipinski definition) is 0. The SMILES string of the molecule is O=C(c1ccc(Cl)cc1)C(CC(F)(F)C(F)(F)C(F)(F)C(F)(F)C(F)(F)C(F)(F)F)c1ccccc1. The molecule has 0 aliphatic heterocycles. The fraction of sp³-hybridized carbons (Fsp3) is 0.381. The molecule has 36 heavy (non-hydrogen) atoms. The molecule has 0 amide bonds. The van der Waals surface area contributed by atoms with E-state index in [0.717, 1.165) is 48.5 Å². The van der Waals surface area contributed by atoms with Crippen LogP contribution in [-0.4, -0.2) is 41.6 Å². The monoisotopic (exact) mass is 562 g/mol. The summed E-state index contributed by atoms with van der Waals surface area (Å²) in [6.45, 7) is 0. The number of alkyl halides is 13. The van der Waals surface area contributed by atoms with Crippen molar-refractivity contribution in [3.8, 4) is 0 Å². The Balaban J connectivity index is 2.57. The van der Waals surface area contributed by atoms with E-state index in [1.165, 1.54) is 6.07 Å². The maximum atomic E-state index is 14.5. The Morgan fingerprint density at radius 1 is 0.639 bits per heavy atom. The van der Waals surface area contributed by atoms with Gasteiger partial charge in [0.2, 0.25) is 0 Å². The van der Waals surface area contributed by atoms with Gasteiger partial charge in [0.05, 0.1) is 5.92 Å². The smallest absolute Gasteiger partial charge is 0.293 e. The molecule has 1 unspecified atom stereocenters. The molecule has 2 rings (SSSR count). The first-order valence-electron chi connectivity index (χ1n) is 9.42. The summed E-state index contributed by atoms with van der Waals surface area (Å²) < 4.78 is 175. The Morgan fingerprint density at radius 2 is 1.08 bits per heavy atom. The van der Waals surface area contributed by atoms with Crippen molar-refractivity contribution >= 4 is 17.4 Å². The summed E-state index contributed by atoms with van der Waals surface area (Å²) >= 11 is 5.61. The highest BCUT2D eigenvalue weighted by molar-refractivity contribution is 6.30. The number of halogens is 14. The van der Waals surface area contributed by atoms with Gasteiger partial charge in [-0.25, -0.2) is 0 Å². The normalized spacial score (nSPS) is 15.1. The van der Waals surface area contributed by atoms with Gasteiger partial charge in [0, 0.05) is 17.0 Å². The Kier molecular flexibility index (Phi) is 7.77. The van der Waals surface area contributed by atoms with Crippen molar-refractivity contribution in [2.75, 3.05) is 0 Å². The third-order valence-electron chi connectivity index (χ3n) is 5.11. The minimum Gasteiger partial charge on any atom is -0.293 e. The van der Waals surface area contributed by atoms with Crippen LogP contribution in [0.4, 0.5) is 57.1 Å². The van der Waals surface area contributed by atoms with Crippen molar-refractivity contribution in [3.05, 3.63) is 70.7 Å². The van der Waals surface area contributed by atoms with Crippen molar-refractivity contribution in [3.63, 3.8) is 0 Å². The summed E-state index contributed by atoms with van der Waals surface area (Å²) in [5.41, 5.74) is -0.961. The van der Waals surface area contributed by atoms with Crippen LogP contribution >= 0.6 is 11.6 Å². The molecule has 0 saturated heterocycles. The molecule has 0 aliphatic rings. The average molecular weight is 563 g/mol. The highest BCUT2D eigenvalue weighted by Crippen LogP contribution is 2.61. The van der Waals surface area contributed by atoms with Gasteiger partial charge < -0.3 is 0 Å². The molecule has 0 bridgehead atoms. The quantitative estimate of drug-likeness (QED) is 0.221. The summed E-state index contributed by atoms with van der Waals surface area (Å²) in [7, 11) is 0. The van der Waals surface area contributed by atoms with Crippen LogP contribution in [0, 0.1) is 0 Å². The molecule has 0 spiro atoms. The topological polar surface area (TPSA) is 17.1 Å².